The average Bonchev–Trinajstić information content (AvgIpc) is 1.97. The zero-order chi connectivity index (χ0) is 9.40. The van der Waals surface area contributed by atoms with Crippen molar-refractivity contribution in [3.8, 4) is 0 Å². The van der Waals surface area contributed by atoms with Gasteiger partial charge in [-0.3, -0.25) is 4.79 Å². The van der Waals surface area contributed by atoms with E-state index in [0.29, 0.717) is 6.42 Å². The molecule has 0 aliphatic carbocycles. The number of primary amides is 1. The van der Waals surface area contributed by atoms with Gasteiger partial charge >= 0.3 is 0 Å². The second kappa shape index (κ2) is 7.10. The first-order valence-electron chi connectivity index (χ1n) is 4.70. The summed E-state index contributed by atoms with van der Waals surface area (Å²) in [7, 11) is 0. The standard InChI is InChI=1S/C9H20N2O/c1-2-3-4-5-6-8(10)7-9(11)12/h8H,2-7,10H2,1H3,(H2,11,12). The lowest BCUT2D eigenvalue weighted by Gasteiger charge is -2.07. The molecule has 1 amide bonds. The van der Waals surface area contributed by atoms with Crippen LogP contribution in [0.25, 0.3) is 0 Å². The summed E-state index contributed by atoms with van der Waals surface area (Å²) in [5.41, 5.74) is 10.7. The van der Waals surface area contributed by atoms with Gasteiger partial charge in [0, 0.05) is 12.5 Å². The lowest BCUT2D eigenvalue weighted by molar-refractivity contribution is -0.118. The van der Waals surface area contributed by atoms with E-state index in [4.69, 9.17) is 11.5 Å². The van der Waals surface area contributed by atoms with Gasteiger partial charge in [-0.1, -0.05) is 32.6 Å². The lowest BCUT2D eigenvalue weighted by atomic mass is 10.1. The van der Waals surface area contributed by atoms with Crippen LogP contribution in [-0.2, 0) is 4.79 Å². The number of carbonyl (C=O) groups is 1. The van der Waals surface area contributed by atoms with E-state index in [1.54, 1.807) is 0 Å². The summed E-state index contributed by atoms with van der Waals surface area (Å²) in [5, 5.41) is 0. The van der Waals surface area contributed by atoms with E-state index in [1.807, 2.05) is 0 Å². The van der Waals surface area contributed by atoms with Gasteiger partial charge in [-0.2, -0.15) is 0 Å². The highest BCUT2D eigenvalue weighted by atomic mass is 16.1. The number of nitrogens with two attached hydrogens (primary N) is 2. The molecule has 4 N–H and O–H groups in total. The number of carbonyl (C=O) groups excluding carboxylic acids is 1. The zero-order valence-corrected chi connectivity index (χ0v) is 7.88. The predicted molar refractivity (Wildman–Crippen MR) is 50.5 cm³/mol. The van der Waals surface area contributed by atoms with Crippen LogP contribution in [0.3, 0.4) is 0 Å². The van der Waals surface area contributed by atoms with Crippen molar-refractivity contribution in [2.45, 2.75) is 51.5 Å². The van der Waals surface area contributed by atoms with Gasteiger partial charge in [0.25, 0.3) is 0 Å². The molecule has 0 spiro atoms. The second-order valence-corrected chi connectivity index (χ2v) is 3.28. The van der Waals surface area contributed by atoms with Gasteiger partial charge in [0.2, 0.25) is 5.91 Å². The molecule has 0 fully saturated rings. The highest BCUT2D eigenvalue weighted by Gasteiger charge is 2.04. The molecule has 72 valence electrons. The normalized spacial score (nSPS) is 12.8. The Bertz CT molecular complexity index is 126. The van der Waals surface area contributed by atoms with Crippen LogP contribution in [0.1, 0.15) is 45.4 Å². The molecule has 0 aromatic carbocycles. The van der Waals surface area contributed by atoms with Crippen molar-refractivity contribution in [3.63, 3.8) is 0 Å². The lowest BCUT2D eigenvalue weighted by Crippen LogP contribution is -2.27. The van der Waals surface area contributed by atoms with Gasteiger partial charge in [-0.25, -0.2) is 0 Å². The molecule has 1 atom stereocenters. The van der Waals surface area contributed by atoms with Gasteiger partial charge in [0.15, 0.2) is 0 Å². The third-order valence-corrected chi connectivity index (χ3v) is 1.89. The van der Waals surface area contributed by atoms with Crippen LogP contribution in [-0.4, -0.2) is 11.9 Å². The van der Waals surface area contributed by atoms with Gasteiger partial charge < -0.3 is 11.5 Å². The largest absolute Gasteiger partial charge is 0.370 e. The Morgan fingerprint density at radius 1 is 1.33 bits per heavy atom. The molecule has 0 aliphatic heterocycles. The Morgan fingerprint density at radius 3 is 2.50 bits per heavy atom. The van der Waals surface area contributed by atoms with Gasteiger partial charge in [0.1, 0.15) is 0 Å². The Balaban J connectivity index is 3.19. The molecule has 0 rings (SSSR count). The molecule has 0 saturated heterocycles. The molecule has 0 aliphatic rings. The maximum Gasteiger partial charge on any atom is 0.218 e. The van der Waals surface area contributed by atoms with E-state index in [-0.39, 0.29) is 11.9 Å². The number of hydrogen-bond acceptors (Lipinski definition) is 2. The minimum Gasteiger partial charge on any atom is -0.370 e. The van der Waals surface area contributed by atoms with Crippen molar-refractivity contribution in [1.29, 1.82) is 0 Å². The quantitative estimate of drug-likeness (QED) is 0.566. The maximum absolute atomic E-state index is 10.4. The smallest absolute Gasteiger partial charge is 0.218 e. The van der Waals surface area contributed by atoms with Crippen LogP contribution in [0, 0.1) is 0 Å². The highest BCUT2D eigenvalue weighted by molar-refractivity contribution is 5.74. The van der Waals surface area contributed by atoms with Crippen molar-refractivity contribution >= 4 is 5.91 Å². The molecule has 0 saturated carbocycles. The number of rotatable bonds is 7. The van der Waals surface area contributed by atoms with Crippen LogP contribution >= 0.6 is 0 Å². The van der Waals surface area contributed by atoms with E-state index in [0.717, 1.165) is 12.8 Å². The summed E-state index contributed by atoms with van der Waals surface area (Å²) in [5.74, 6) is -0.294. The first kappa shape index (κ1) is 11.4. The molecular formula is C9H20N2O. The van der Waals surface area contributed by atoms with Crippen LogP contribution in [0.5, 0.6) is 0 Å². The van der Waals surface area contributed by atoms with E-state index in [1.165, 1.54) is 19.3 Å². The first-order valence-corrected chi connectivity index (χ1v) is 4.70. The second-order valence-electron chi connectivity index (χ2n) is 3.28. The molecule has 3 heteroatoms. The number of unbranched alkanes of at least 4 members (excludes halogenated alkanes) is 3. The fourth-order valence-corrected chi connectivity index (χ4v) is 1.19. The van der Waals surface area contributed by atoms with E-state index >= 15 is 0 Å². The van der Waals surface area contributed by atoms with E-state index in [2.05, 4.69) is 6.92 Å². The van der Waals surface area contributed by atoms with Gasteiger partial charge in [0.05, 0.1) is 0 Å². The predicted octanol–water partition coefficient (Wildman–Crippen LogP) is 1.16. The highest BCUT2D eigenvalue weighted by Crippen LogP contribution is 2.05. The van der Waals surface area contributed by atoms with E-state index in [9.17, 15) is 4.79 Å². The average molecular weight is 172 g/mol. The number of hydrogen-bond donors (Lipinski definition) is 2. The summed E-state index contributed by atoms with van der Waals surface area (Å²) in [6.07, 6.45) is 6.05. The minimum absolute atomic E-state index is 0.0284. The van der Waals surface area contributed by atoms with Crippen molar-refractivity contribution in [3.05, 3.63) is 0 Å². The van der Waals surface area contributed by atoms with Crippen LogP contribution < -0.4 is 11.5 Å². The molecule has 3 nitrogen and oxygen atoms in total. The summed E-state index contributed by atoms with van der Waals surface area (Å²) in [6, 6.07) is -0.0284. The molecular weight excluding hydrogens is 152 g/mol. The third-order valence-electron chi connectivity index (χ3n) is 1.89. The molecule has 0 heterocycles. The van der Waals surface area contributed by atoms with E-state index < -0.39 is 0 Å². The first-order chi connectivity index (χ1) is 5.66. The number of amides is 1. The molecule has 0 bridgehead atoms. The molecule has 0 radical (unpaired) electrons. The maximum atomic E-state index is 10.4. The SMILES string of the molecule is CCCCCCC(N)CC(N)=O. The summed E-state index contributed by atoms with van der Waals surface area (Å²) < 4.78 is 0. The molecule has 0 aromatic rings. The third kappa shape index (κ3) is 7.54. The Hall–Kier alpha value is -0.570. The summed E-state index contributed by atoms with van der Waals surface area (Å²) >= 11 is 0. The summed E-state index contributed by atoms with van der Waals surface area (Å²) in [4.78, 5) is 10.4. The zero-order valence-electron chi connectivity index (χ0n) is 7.88. The van der Waals surface area contributed by atoms with Crippen LogP contribution in [0.2, 0.25) is 0 Å². The minimum atomic E-state index is -0.294. The van der Waals surface area contributed by atoms with Crippen LogP contribution in [0.15, 0.2) is 0 Å². The Labute approximate surface area is 74.5 Å². The Morgan fingerprint density at radius 2 is 2.00 bits per heavy atom. The van der Waals surface area contributed by atoms with Gasteiger partial charge in [-0.05, 0) is 6.42 Å². The Kier molecular flexibility index (Phi) is 6.76. The monoisotopic (exact) mass is 172 g/mol. The molecule has 1 unspecified atom stereocenters. The fraction of sp³-hybridized carbons (Fsp3) is 0.889. The van der Waals surface area contributed by atoms with Crippen molar-refractivity contribution in [1.82, 2.24) is 0 Å². The van der Waals surface area contributed by atoms with Gasteiger partial charge in [-0.15, -0.1) is 0 Å². The van der Waals surface area contributed by atoms with Crippen LogP contribution in [0.4, 0.5) is 0 Å². The topological polar surface area (TPSA) is 69.1 Å². The molecule has 12 heavy (non-hydrogen) atoms. The molecule has 0 aromatic heterocycles. The fourth-order valence-electron chi connectivity index (χ4n) is 1.19. The van der Waals surface area contributed by atoms with Crippen molar-refractivity contribution in [2.24, 2.45) is 11.5 Å². The van der Waals surface area contributed by atoms with Crippen molar-refractivity contribution in [2.75, 3.05) is 0 Å². The summed E-state index contributed by atoms with van der Waals surface area (Å²) in [6.45, 7) is 2.17. The van der Waals surface area contributed by atoms with Crippen molar-refractivity contribution < 1.29 is 4.79 Å².